The van der Waals surface area contributed by atoms with Gasteiger partial charge in [-0.2, -0.15) is 0 Å². The van der Waals surface area contributed by atoms with E-state index in [1.165, 1.54) is 0 Å². The highest BCUT2D eigenvalue weighted by molar-refractivity contribution is 5.98. The lowest BCUT2D eigenvalue weighted by Gasteiger charge is -2.19. The summed E-state index contributed by atoms with van der Waals surface area (Å²) in [5.41, 5.74) is 2.87. The largest absolute Gasteiger partial charge is 0.489 e. The molecule has 0 saturated carbocycles. The third-order valence-electron chi connectivity index (χ3n) is 4.22. The van der Waals surface area contributed by atoms with Gasteiger partial charge in [0.05, 0.1) is 6.54 Å². The minimum Gasteiger partial charge on any atom is -0.489 e. The third kappa shape index (κ3) is 6.99. The quantitative estimate of drug-likeness (QED) is 0.592. The Kier molecular flexibility index (Phi) is 8.27. The summed E-state index contributed by atoms with van der Waals surface area (Å²) in [5.74, 6) is 0.461. The van der Waals surface area contributed by atoms with Crippen molar-refractivity contribution in [3.8, 4) is 5.75 Å². The number of nitrogens with one attached hydrogen (secondary N) is 2. The Morgan fingerprint density at radius 3 is 2.41 bits per heavy atom. The van der Waals surface area contributed by atoms with Crippen molar-refractivity contribution in [1.82, 2.24) is 4.90 Å². The fraction of sp³-hybridized carbons (Fsp3) is 0.304. The summed E-state index contributed by atoms with van der Waals surface area (Å²) in [6.07, 6.45) is 0. The molecule has 29 heavy (non-hydrogen) atoms. The van der Waals surface area contributed by atoms with Crippen molar-refractivity contribution in [1.29, 1.82) is 0 Å². The molecule has 0 aromatic heterocycles. The van der Waals surface area contributed by atoms with Crippen LogP contribution in [-0.2, 0) is 4.79 Å². The molecule has 2 rings (SSSR count). The van der Waals surface area contributed by atoms with Gasteiger partial charge in [-0.3, -0.25) is 9.59 Å². The highest BCUT2D eigenvalue weighted by Gasteiger charge is 2.13. The number of carbonyl (C=O) groups excluding carboxylic acids is 2. The summed E-state index contributed by atoms with van der Waals surface area (Å²) < 4.78 is 5.61. The zero-order valence-electron chi connectivity index (χ0n) is 17.3. The van der Waals surface area contributed by atoms with Crippen LogP contribution < -0.4 is 15.4 Å². The molecule has 0 bridgehead atoms. The number of benzene rings is 2. The van der Waals surface area contributed by atoms with Crippen molar-refractivity contribution in [2.24, 2.45) is 0 Å². The normalized spacial score (nSPS) is 10.2. The number of ether oxygens (including phenoxy) is 1. The fourth-order valence-electron chi connectivity index (χ4n) is 2.71. The Balaban J connectivity index is 1.93. The molecule has 2 N–H and O–H groups in total. The SMILES string of the molecule is C=C(C)COc1cccc(NCC(=O)Nc2cccc(C(=O)N(CC)CC)c2)c1. The van der Waals surface area contributed by atoms with Gasteiger partial charge in [-0.25, -0.2) is 0 Å². The Morgan fingerprint density at radius 1 is 1.03 bits per heavy atom. The second-order valence-electron chi connectivity index (χ2n) is 6.73. The molecule has 0 unspecified atom stereocenters. The van der Waals surface area contributed by atoms with Gasteiger partial charge in [0.25, 0.3) is 5.91 Å². The van der Waals surface area contributed by atoms with Crippen LogP contribution in [0.3, 0.4) is 0 Å². The van der Waals surface area contributed by atoms with Gasteiger partial charge >= 0.3 is 0 Å². The minimum absolute atomic E-state index is 0.0456. The first-order valence-electron chi connectivity index (χ1n) is 9.73. The molecular formula is C23H29N3O3. The highest BCUT2D eigenvalue weighted by Crippen LogP contribution is 2.18. The number of hydrogen-bond donors (Lipinski definition) is 2. The monoisotopic (exact) mass is 395 g/mol. The van der Waals surface area contributed by atoms with Crippen LogP contribution in [-0.4, -0.2) is 43.0 Å². The summed E-state index contributed by atoms with van der Waals surface area (Å²) in [6.45, 7) is 11.4. The molecule has 2 aromatic rings. The van der Waals surface area contributed by atoms with E-state index in [0.717, 1.165) is 11.3 Å². The molecule has 0 aliphatic carbocycles. The van der Waals surface area contributed by atoms with Gasteiger partial charge in [0.2, 0.25) is 5.91 Å². The molecule has 2 amide bonds. The van der Waals surface area contributed by atoms with Crippen molar-refractivity contribution in [2.75, 3.05) is 36.9 Å². The summed E-state index contributed by atoms with van der Waals surface area (Å²) in [5, 5.41) is 5.90. The first kappa shape index (κ1) is 22.0. The maximum absolute atomic E-state index is 12.5. The molecule has 0 atom stereocenters. The third-order valence-corrected chi connectivity index (χ3v) is 4.22. The van der Waals surface area contributed by atoms with Crippen LogP contribution in [0, 0.1) is 0 Å². The molecule has 0 heterocycles. The molecule has 0 aliphatic heterocycles. The summed E-state index contributed by atoms with van der Waals surface area (Å²) >= 11 is 0. The molecule has 0 spiro atoms. The van der Waals surface area contributed by atoms with E-state index in [2.05, 4.69) is 17.2 Å². The predicted molar refractivity (Wildman–Crippen MR) is 118 cm³/mol. The van der Waals surface area contributed by atoms with Crippen molar-refractivity contribution < 1.29 is 14.3 Å². The smallest absolute Gasteiger partial charge is 0.253 e. The molecule has 6 nitrogen and oxygen atoms in total. The van der Waals surface area contributed by atoms with Crippen LogP contribution in [0.2, 0.25) is 0 Å². The maximum atomic E-state index is 12.5. The number of amides is 2. The van der Waals surface area contributed by atoms with Crippen LogP contribution in [0.4, 0.5) is 11.4 Å². The Bertz CT molecular complexity index is 860. The standard InChI is InChI=1S/C23H29N3O3/c1-5-26(6-2)23(28)18-9-7-11-20(13-18)25-22(27)15-24-19-10-8-12-21(14-19)29-16-17(3)4/h7-14,24H,3,5-6,15-16H2,1-2,4H3,(H,25,27). The van der Waals surface area contributed by atoms with E-state index in [0.29, 0.717) is 36.7 Å². The van der Waals surface area contributed by atoms with E-state index in [4.69, 9.17) is 4.74 Å². The van der Waals surface area contributed by atoms with Crippen LogP contribution in [0.25, 0.3) is 0 Å². The van der Waals surface area contributed by atoms with Gasteiger partial charge in [-0.1, -0.05) is 18.7 Å². The van der Waals surface area contributed by atoms with Gasteiger partial charge in [0, 0.05) is 36.1 Å². The van der Waals surface area contributed by atoms with E-state index in [1.807, 2.05) is 45.0 Å². The van der Waals surface area contributed by atoms with Crippen molar-refractivity contribution in [3.05, 3.63) is 66.2 Å². The van der Waals surface area contributed by atoms with Crippen LogP contribution in [0.1, 0.15) is 31.1 Å². The van der Waals surface area contributed by atoms with Crippen molar-refractivity contribution in [2.45, 2.75) is 20.8 Å². The van der Waals surface area contributed by atoms with E-state index in [9.17, 15) is 9.59 Å². The number of carbonyl (C=O) groups is 2. The molecule has 0 saturated heterocycles. The fourth-order valence-corrected chi connectivity index (χ4v) is 2.71. The highest BCUT2D eigenvalue weighted by atomic mass is 16.5. The predicted octanol–water partition coefficient (Wildman–Crippen LogP) is 4.17. The number of rotatable bonds is 10. The molecule has 6 heteroatoms. The number of nitrogens with zero attached hydrogens (tertiary/aromatic N) is 1. The van der Waals surface area contributed by atoms with Gasteiger partial charge in [0.1, 0.15) is 12.4 Å². The van der Waals surface area contributed by atoms with Crippen molar-refractivity contribution in [3.63, 3.8) is 0 Å². The zero-order valence-corrected chi connectivity index (χ0v) is 17.3. The maximum Gasteiger partial charge on any atom is 0.253 e. The average Bonchev–Trinajstić information content (AvgIpc) is 2.72. The first-order chi connectivity index (χ1) is 13.9. The molecule has 154 valence electrons. The average molecular weight is 396 g/mol. The lowest BCUT2D eigenvalue weighted by atomic mass is 10.1. The van der Waals surface area contributed by atoms with E-state index >= 15 is 0 Å². The topological polar surface area (TPSA) is 70.7 Å². The Morgan fingerprint density at radius 2 is 1.72 bits per heavy atom. The Labute approximate surface area is 172 Å². The summed E-state index contributed by atoms with van der Waals surface area (Å²) in [4.78, 5) is 26.5. The lowest BCUT2D eigenvalue weighted by Crippen LogP contribution is -2.30. The molecule has 0 fully saturated rings. The summed E-state index contributed by atoms with van der Waals surface area (Å²) in [6, 6.07) is 14.4. The van der Waals surface area contributed by atoms with Gasteiger partial charge in [-0.15, -0.1) is 0 Å². The molecule has 0 radical (unpaired) electrons. The zero-order chi connectivity index (χ0) is 21.2. The first-order valence-corrected chi connectivity index (χ1v) is 9.73. The second-order valence-corrected chi connectivity index (χ2v) is 6.73. The van der Waals surface area contributed by atoms with Gasteiger partial charge in [-0.05, 0) is 56.7 Å². The summed E-state index contributed by atoms with van der Waals surface area (Å²) in [7, 11) is 0. The van der Waals surface area contributed by atoms with Gasteiger partial charge in [0.15, 0.2) is 0 Å². The Hall–Kier alpha value is -3.28. The van der Waals surface area contributed by atoms with Gasteiger partial charge < -0.3 is 20.3 Å². The minimum atomic E-state index is -0.203. The van der Waals surface area contributed by atoms with E-state index < -0.39 is 0 Å². The number of anilines is 2. The van der Waals surface area contributed by atoms with Crippen molar-refractivity contribution >= 4 is 23.2 Å². The van der Waals surface area contributed by atoms with Crippen LogP contribution in [0.15, 0.2) is 60.7 Å². The van der Waals surface area contributed by atoms with Crippen LogP contribution in [0.5, 0.6) is 5.75 Å². The van der Waals surface area contributed by atoms with E-state index in [-0.39, 0.29) is 18.4 Å². The second kappa shape index (κ2) is 10.9. The molecular weight excluding hydrogens is 366 g/mol. The van der Waals surface area contributed by atoms with E-state index in [1.54, 1.807) is 29.2 Å². The molecule has 0 aliphatic rings. The molecule has 2 aromatic carbocycles. The lowest BCUT2D eigenvalue weighted by molar-refractivity contribution is -0.114. The van der Waals surface area contributed by atoms with Crippen LogP contribution >= 0.6 is 0 Å². The number of hydrogen-bond acceptors (Lipinski definition) is 4.